The molecule has 1 aromatic heterocycles. The standard InChI is InChI=1S/C10H8.C9H12.C8H8O2.C8H8O.C7H6O2.C4H4S.5C4H10.6C2H6/c1-2-6-10-8-4-3-7-9(10)5-1;1-8(2)9-6-4-3-5-7-9;1-2-4-8-7(3-1)9-5-6-10-8;1-2-4-8-7(3-1)5-6-9-8;1-2-4-7-6(3-1)8-5-9-7;1-2-4-5-3-1;5*1-4(2)3;6*1-2/h1-8H;3-8H,1-2H3;1-4H,5-6H2;1-4H,5-6H2;1-4H,5H2;1-4H;5*4H,1-3H3;6*1-2H3. The summed E-state index contributed by atoms with van der Waals surface area (Å²) in [5, 5.41) is 6.70. The van der Waals surface area contributed by atoms with Crippen LogP contribution in [-0.4, -0.2) is 26.6 Å². The molecule has 0 N–H and O–H groups in total. The topological polar surface area (TPSA) is 46.2 Å². The Bertz CT molecular complexity index is 2000. The summed E-state index contributed by atoms with van der Waals surface area (Å²) in [6, 6.07) is 54.8. The zero-order valence-electron chi connectivity index (χ0n) is 59.7. The summed E-state index contributed by atoms with van der Waals surface area (Å²) in [4.78, 5) is 0. The molecule has 3 aliphatic heterocycles. The number of benzene rings is 6. The molecule has 10 rings (SSSR count). The summed E-state index contributed by atoms with van der Waals surface area (Å²) in [6.07, 6.45) is 1.08. The maximum atomic E-state index is 5.30. The van der Waals surface area contributed by atoms with Crippen LogP contribution in [0.2, 0.25) is 0 Å². The van der Waals surface area contributed by atoms with Crippen molar-refractivity contribution in [1.82, 2.24) is 0 Å². The van der Waals surface area contributed by atoms with Gasteiger partial charge in [0.15, 0.2) is 23.0 Å². The third kappa shape index (κ3) is 65.4. The maximum Gasteiger partial charge on any atom is 0.231 e. The van der Waals surface area contributed by atoms with E-state index in [0.29, 0.717) is 25.9 Å². The van der Waals surface area contributed by atoms with E-state index >= 15 is 0 Å². The second kappa shape index (κ2) is 71.5. The molecule has 0 amide bonds. The molecule has 0 saturated heterocycles. The third-order valence-corrected chi connectivity index (χ3v) is 8.51. The largest absolute Gasteiger partial charge is 0.493 e. The molecule has 0 atom stereocenters. The molecule has 6 aromatic carbocycles. The van der Waals surface area contributed by atoms with Crippen molar-refractivity contribution >= 4 is 22.1 Å². The van der Waals surface area contributed by atoms with Gasteiger partial charge in [0.1, 0.15) is 19.0 Å². The molecule has 3 aliphatic rings. The predicted octanol–water partition coefficient (Wildman–Crippen LogP) is 26.4. The molecule has 0 fully saturated rings. The maximum absolute atomic E-state index is 5.30. The summed E-state index contributed by atoms with van der Waals surface area (Å²) >= 11 is 1.71. The molecule has 480 valence electrons. The van der Waals surface area contributed by atoms with Crippen LogP contribution in [0.3, 0.4) is 0 Å². The van der Waals surface area contributed by atoms with Crippen molar-refractivity contribution in [1.29, 1.82) is 0 Å². The predicted molar refractivity (Wildman–Crippen MR) is 385 cm³/mol. The van der Waals surface area contributed by atoms with Crippen molar-refractivity contribution in [3.05, 3.63) is 186 Å². The molecular formula is C78H132O5S. The van der Waals surface area contributed by atoms with Gasteiger partial charge in [-0.3, -0.25) is 0 Å². The van der Waals surface area contributed by atoms with E-state index in [0.717, 1.165) is 71.4 Å². The van der Waals surface area contributed by atoms with Crippen LogP contribution in [0.15, 0.2) is 175 Å². The lowest BCUT2D eigenvalue weighted by Gasteiger charge is -2.17. The number of hydrogen-bond donors (Lipinski definition) is 0. The van der Waals surface area contributed by atoms with Crippen molar-refractivity contribution in [2.75, 3.05) is 26.6 Å². The van der Waals surface area contributed by atoms with Crippen LogP contribution < -0.4 is 23.7 Å². The Morgan fingerprint density at radius 2 is 0.524 bits per heavy atom. The van der Waals surface area contributed by atoms with Gasteiger partial charge in [-0.1, -0.05) is 334 Å². The van der Waals surface area contributed by atoms with E-state index in [2.05, 4.69) is 197 Å². The fraction of sp³-hybridized carbons (Fsp3) is 0.513. The first-order valence-corrected chi connectivity index (χ1v) is 33.1. The smallest absolute Gasteiger partial charge is 0.231 e. The van der Waals surface area contributed by atoms with Gasteiger partial charge >= 0.3 is 0 Å². The number of ether oxygens (including phenoxy) is 5. The Labute approximate surface area is 526 Å². The van der Waals surface area contributed by atoms with Gasteiger partial charge in [0.2, 0.25) is 6.79 Å². The molecule has 0 aliphatic carbocycles. The zero-order chi connectivity index (χ0) is 65.9. The first-order valence-electron chi connectivity index (χ1n) is 32.2. The quantitative estimate of drug-likeness (QED) is 0.164. The molecule has 4 heterocycles. The van der Waals surface area contributed by atoms with Gasteiger partial charge in [0.05, 0.1) is 6.61 Å². The number of para-hydroxylation sites is 5. The van der Waals surface area contributed by atoms with Gasteiger partial charge in [0, 0.05) is 6.42 Å². The van der Waals surface area contributed by atoms with E-state index in [1.165, 1.54) is 21.9 Å². The first kappa shape index (κ1) is 92.0. The lowest BCUT2D eigenvalue weighted by molar-refractivity contribution is 0.171. The minimum absolute atomic E-state index is 0.360. The average Bonchev–Trinajstić information content (AvgIpc) is 4.36. The fourth-order valence-corrected chi connectivity index (χ4v) is 5.61. The molecule has 7 aromatic rings. The van der Waals surface area contributed by atoms with Gasteiger partial charge in [-0.25, -0.2) is 0 Å². The molecule has 5 nitrogen and oxygen atoms in total. The van der Waals surface area contributed by atoms with Gasteiger partial charge < -0.3 is 23.7 Å². The summed E-state index contributed by atoms with van der Waals surface area (Å²) in [7, 11) is 0. The summed E-state index contributed by atoms with van der Waals surface area (Å²) < 4.78 is 26.0. The molecule has 0 radical (unpaired) electrons. The highest BCUT2D eigenvalue weighted by Gasteiger charge is 2.10. The Morgan fingerprint density at radius 1 is 0.274 bits per heavy atom. The highest BCUT2D eigenvalue weighted by atomic mass is 32.1. The zero-order valence-corrected chi connectivity index (χ0v) is 60.5. The molecule has 84 heavy (non-hydrogen) atoms. The van der Waals surface area contributed by atoms with Crippen LogP contribution in [0.1, 0.15) is 218 Å². The highest BCUT2D eigenvalue weighted by molar-refractivity contribution is 7.07. The Kier molecular flexibility index (Phi) is 78.4. The third-order valence-electron chi connectivity index (χ3n) is 7.88. The van der Waals surface area contributed by atoms with Gasteiger partial charge in [0.25, 0.3) is 0 Å². The van der Waals surface area contributed by atoms with Crippen LogP contribution in [0.4, 0.5) is 0 Å². The number of hydrogen-bond acceptors (Lipinski definition) is 6. The molecular weight excluding hydrogens is 1050 g/mol. The van der Waals surface area contributed by atoms with Crippen LogP contribution in [0, 0.1) is 29.6 Å². The fourth-order valence-electron chi connectivity index (χ4n) is 5.16. The van der Waals surface area contributed by atoms with Crippen LogP contribution >= 0.6 is 11.3 Å². The molecule has 0 spiro atoms. The second-order valence-corrected chi connectivity index (χ2v) is 21.4. The van der Waals surface area contributed by atoms with E-state index in [1.807, 2.05) is 179 Å². The second-order valence-electron chi connectivity index (χ2n) is 20.6. The summed E-state index contributed by atoms with van der Waals surface area (Å²) in [6.45, 7) is 63.5. The van der Waals surface area contributed by atoms with Gasteiger partial charge in [-0.05, 0) is 98.5 Å². The Morgan fingerprint density at radius 3 is 0.786 bits per heavy atom. The van der Waals surface area contributed by atoms with Gasteiger partial charge in [-0.2, -0.15) is 11.3 Å². The minimum Gasteiger partial charge on any atom is -0.493 e. The summed E-state index contributed by atoms with van der Waals surface area (Å²) in [5.41, 5.74) is 2.76. The van der Waals surface area contributed by atoms with Crippen molar-refractivity contribution in [3.8, 4) is 28.7 Å². The van der Waals surface area contributed by atoms with Crippen LogP contribution in [-0.2, 0) is 6.42 Å². The van der Waals surface area contributed by atoms with E-state index in [9.17, 15) is 0 Å². The average molecular weight is 1180 g/mol. The molecule has 0 unspecified atom stereocenters. The number of rotatable bonds is 1. The molecule has 6 heteroatoms. The number of fused-ring (bicyclic) bond motifs is 4. The van der Waals surface area contributed by atoms with E-state index < -0.39 is 0 Å². The normalized spacial score (nSPS) is 10.1. The van der Waals surface area contributed by atoms with Crippen molar-refractivity contribution in [3.63, 3.8) is 0 Å². The summed E-state index contributed by atoms with van der Waals surface area (Å²) in [5.74, 6) is 9.29. The van der Waals surface area contributed by atoms with Crippen molar-refractivity contribution < 1.29 is 23.7 Å². The minimum atomic E-state index is 0.360. The van der Waals surface area contributed by atoms with Crippen LogP contribution in [0.25, 0.3) is 10.8 Å². The van der Waals surface area contributed by atoms with E-state index in [1.54, 1.807) is 11.3 Å². The SMILES string of the molecule is CC.CC.CC.CC.CC.CC.CC(C)C.CC(C)C.CC(C)C.CC(C)C.CC(C)C.CC(C)c1ccccc1.c1ccc2c(c1)CCO2.c1ccc2c(c1)OCCO2.c1ccc2c(c1)OCO2.c1ccc2ccccc2c1.c1ccsc1. The number of thiophene rings is 1. The van der Waals surface area contributed by atoms with Crippen molar-refractivity contribution in [2.45, 2.75) is 213 Å². The van der Waals surface area contributed by atoms with Crippen LogP contribution in [0.5, 0.6) is 28.7 Å². The van der Waals surface area contributed by atoms with E-state index in [4.69, 9.17) is 23.7 Å². The highest BCUT2D eigenvalue weighted by Crippen LogP contribution is 2.30. The lowest BCUT2D eigenvalue weighted by Crippen LogP contribution is -2.14. The van der Waals surface area contributed by atoms with Gasteiger partial charge in [-0.15, -0.1) is 0 Å². The van der Waals surface area contributed by atoms with Crippen molar-refractivity contribution in [2.24, 2.45) is 29.6 Å². The van der Waals surface area contributed by atoms with E-state index in [-0.39, 0.29) is 0 Å². The first-order chi connectivity index (χ1) is 40.3. The monoisotopic (exact) mass is 1180 g/mol. The Balaban J connectivity index is -0.000000155. The lowest BCUT2D eigenvalue weighted by atomic mass is 10.0. The molecule has 0 bridgehead atoms. The molecule has 0 saturated carbocycles. The Hall–Kier alpha value is -5.72.